The molecule has 5 heteroatoms. The molecule has 0 atom stereocenters. The molecule has 1 rings (SSSR count). The van der Waals surface area contributed by atoms with Gasteiger partial charge in [0.05, 0.1) is 6.61 Å². The highest BCUT2D eigenvalue weighted by molar-refractivity contribution is 5.96. The van der Waals surface area contributed by atoms with Gasteiger partial charge >= 0.3 is 5.97 Å². The molecule has 0 aliphatic rings. The number of aromatic hydroxyl groups is 2. The van der Waals surface area contributed by atoms with E-state index in [2.05, 4.69) is 13.8 Å². The maximum atomic E-state index is 12.0. The summed E-state index contributed by atoms with van der Waals surface area (Å²) in [4.78, 5) is 12.0. The fourth-order valence-electron chi connectivity index (χ4n) is 4.77. The molecule has 5 nitrogen and oxygen atoms in total. The Balaban J connectivity index is 2.92. The van der Waals surface area contributed by atoms with E-state index in [9.17, 15) is 20.1 Å². The van der Waals surface area contributed by atoms with Crippen molar-refractivity contribution in [3.63, 3.8) is 0 Å². The number of ether oxygens (including phenoxy) is 1. The van der Waals surface area contributed by atoms with Crippen LogP contribution in [-0.2, 0) is 12.8 Å². The van der Waals surface area contributed by atoms with Gasteiger partial charge in [-0.25, -0.2) is 4.79 Å². The van der Waals surface area contributed by atoms with Crippen LogP contribution in [-0.4, -0.2) is 27.9 Å². The summed E-state index contributed by atoms with van der Waals surface area (Å²) < 4.78 is 5.91. The highest BCUT2D eigenvalue weighted by Crippen LogP contribution is 2.44. The molecule has 202 valence electrons. The quantitative estimate of drug-likeness (QED) is 0.111. The van der Waals surface area contributed by atoms with Gasteiger partial charge in [0.15, 0.2) is 11.5 Å². The van der Waals surface area contributed by atoms with Crippen LogP contribution in [0.5, 0.6) is 17.2 Å². The summed E-state index contributed by atoms with van der Waals surface area (Å²) in [6.45, 7) is 6.80. The summed E-state index contributed by atoms with van der Waals surface area (Å²) in [5, 5.41) is 31.2. The number of phenolic OH excluding ortho intramolecular Hbond substituents is 1. The predicted molar refractivity (Wildman–Crippen MR) is 145 cm³/mol. The Morgan fingerprint density at radius 1 is 0.600 bits per heavy atom. The van der Waals surface area contributed by atoms with E-state index < -0.39 is 11.7 Å². The van der Waals surface area contributed by atoms with Crippen LogP contribution in [0.15, 0.2) is 0 Å². The molecule has 0 aliphatic heterocycles. The van der Waals surface area contributed by atoms with Crippen molar-refractivity contribution in [3.05, 3.63) is 16.7 Å². The minimum atomic E-state index is -1.26. The van der Waals surface area contributed by atoms with Crippen LogP contribution >= 0.6 is 0 Å². The number of phenols is 2. The highest BCUT2D eigenvalue weighted by atomic mass is 16.5. The standard InChI is InChI=1S/C30H52O5/c1-4-7-9-11-13-15-17-19-21-24-25(22-20-18-16-14-12-10-8-5-2)29(35-23-6-3)26(30(33)34)28(32)27(24)31/h31-32H,4-23H2,1-3H3,(H,33,34). The van der Waals surface area contributed by atoms with Crippen LogP contribution in [0.25, 0.3) is 0 Å². The van der Waals surface area contributed by atoms with Gasteiger partial charge < -0.3 is 20.1 Å². The van der Waals surface area contributed by atoms with Crippen molar-refractivity contribution in [2.45, 2.75) is 143 Å². The lowest BCUT2D eigenvalue weighted by atomic mass is 9.91. The van der Waals surface area contributed by atoms with E-state index >= 15 is 0 Å². The predicted octanol–water partition coefficient (Wildman–Crippen LogP) is 8.95. The first-order valence-electron chi connectivity index (χ1n) is 14.4. The molecule has 0 saturated heterocycles. The lowest BCUT2D eigenvalue weighted by Crippen LogP contribution is -2.10. The molecule has 0 heterocycles. The summed E-state index contributed by atoms with van der Waals surface area (Å²) in [5.41, 5.74) is 1.15. The molecule has 0 fully saturated rings. The highest BCUT2D eigenvalue weighted by Gasteiger charge is 2.28. The summed E-state index contributed by atoms with van der Waals surface area (Å²) in [6.07, 6.45) is 21.0. The number of hydrogen-bond donors (Lipinski definition) is 3. The number of carboxylic acid groups (broad SMARTS) is 1. The van der Waals surface area contributed by atoms with Crippen molar-refractivity contribution in [1.29, 1.82) is 0 Å². The number of carbonyl (C=O) groups is 1. The number of unbranched alkanes of at least 4 members (excludes halogenated alkanes) is 14. The largest absolute Gasteiger partial charge is 0.504 e. The Kier molecular flexibility index (Phi) is 17.2. The first-order chi connectivity index (χ1) is 17.0. The number of carboxylic acids is 1. The zero-order chi connectivity index (χ0) is 25.9. The van der Waals surface area contributed by atoms with Crippen LogP contribution < -0.4 is 4.74 Å². The second-order valence-corrected chi connectivity index (χ2v) is 9.96. The molecule has 0 amide bonds. The van der Waals surface area contributed by atoms with Gasteiger partial charge in [0, 0.05) is 11.1 Å². The van der Waals surface area contributed by atoms with Gasteiger partial charge in [0.2, 0.25) is 0 Å². The Bertz CT molecular complexity index is 713. The molecular weight excluding hydrogens is 440 g/mol. The van der Waals surface area contributed by atoms with Crippen molar-refractivity contribution < 1.29 is 24.9 Å². The van der Waals surface area contributed by atoms with Gasteiger partial charge in [-0.2, -0.15) is 0 Å². The maximum Gasteiger partial charge on any atom is 0.343 e. The van der Waals surface area contributed by atoms with Crippen LogP contribution in [0, 0.1) is 0 Å². The average molecular weight is 493 g/mol. The smallest absolute Gasteiger partial charge is 0.343 e. The molecule has 0 saturated carbocycles. The van der Waals surface area contributed by atoms with E-state index in [0.29, 0.717) is 25.0 Å². The molecule has 0 aliphatic carbocycles. The van der Waals surface area contributed by atoms with Crippen molar-refractivity contribution in [2.24, 2.45) is 0 Å². The van der Waals surface area contributed by atoms with Gasteiger partial charge in [-0.15, -0.1) is 0 Å². The third-order valence-corrected chi connectivity index (χ3v) is 6.84. The SMILES string of the molecule is CCCCCCCCCCc1c(O)c(O)c(C(=O)O)c(OCCC)c1CCCCCCCCCC. The molecular formula is C30H52O5. The van der Waals surface area contributed by atoms with Gasteiger partial charge in [-0.05, 0) is 32.1 Å². The Morgan fingerprint density at radius 3 is 1.46 bits per heavy atom. The molecule has 1 aromatic carbocycles. The molecule has 1 aromatic rings. The molecule has 0 aromatic heterocycles. The Morgan fingerprint density at radius 2 is 1.03 bits per heavy atom. The first-order valence-corrected chi connectivity index (χ1v) is 14.4. The minimum Gasteiger partial charge on any atom is -0.504 e. The Labute approximate surface area is 214 Å². The van der Waals surface area contributed by atoms with E-state index in [4.69, 9.17) is 4.74 Å². The monoisotopic (exact) mass is 492 g/mol. The second-order valence-electron chi connectivity index (χ2n) is 9.96. The molecule has 0 unspecified atom stereocenters. The van der Waals surface area contributed by atoms with Crippen molar-refractivity contribution in [3.8, 4) is 17.2 Å². The van der Waals surface area contributed by atoms with Crippen LogP contribution in [0.3, 0.4) is 0 Å². The zero-order valence-corrected chi connectivity index (χ0v) is 22.8. The molecule has 35 heavy (non-hydrogen) atoms. The summed E-state index contributed by atoms with van der Waals surface area (Å²) in [6, 6.07) is 0. The first kappa shape index (κ1) is 31.1. The molecule has 0 spiro atoms. The fraction of sp³-hybridized carbons (Fsp3) is 0.767. The fourth-order valence-corrected chi connectivity index (χ4v) is 4.77. The Hall–Kier alpha value is -1.91. The van der Waals surface area contributed by atoms with E-state index in [1.54, 1.807) is 0 Å². The number of rotatable bonds is 22. The van der Waals surface area contributed by atoms with Gasteiger partial charge in [-0.1, -0.05) is 111 Å². The number of aromatic carboxylic acids is 1. The van der Waals surface area contributed by atoms with Crippen LogP contribution in [0.2, 0.25) is 0 Å². The lowest BCUT2D eigenvalue weighted by Gasteiger charge is -2.21. The summed E-state index contributed by atoms with van der Waals surface area (Å²) in [5.74, 6) is -1.84. The van der Waals surface area contributed by atoms with Gasteiger partial charge in [0.1, 0.15) is 11.3 Å². The summed E-state index contributed by atoms with van der Waals surface area (Å²) >= 11 is 0. The molecule has 0 radical (unpaired) electrons. The van der Waals surface area contributed by atoms with E-state index in [1.165, 1.54) is 64.2 Å². The normalized spacial score (nSPS) is 11.2. The van der Waals surface area contributed by atoms with Crippen LogP contribution in [0.4, 0.5) is 0 Å². The molecule has 3 N–H and O–H groups in total. The minimum absolute atomic E-state index is 0.257. The van der Waals surface area contributed by atoms with E-state index in [-0.39, 0.29) is 17.1 Å². The summed E-state index contributed by atoms with van der Waals surface area (Å²) in [7, 11) is 0. The third-order valence-electron chi connectivity index (χ3n) is 6.84. The van der Waals surface area contributed by atoms with Crippen LogP contribution in [0.1, 0.15) is 151 Å². The van der Waals surface area contributed by atoms with Gasteiger partial charge in [-0.3, -0.25) is 0 Å². The lowest BCUT2D eigenvalue weighted by molar-refractivity contribution is 0.0687. The van der Waals surface area contributed by atoms with Crippen molar-refractivity contribution >= 4 is 5.97 Å². The number of benzene rings is 1. The van der Waals surface area contributed by atoms with Crippen molar-refractivity contribution in [1.82, 2.24) is 0 Å². The van der Waals surface area contributed by atoms with E-state index in [1.807, 2.05) is 6.92 Å². The van der Waals surface area contributed by atoms with E-state index in [0.717, 1.165) is 50.5 Å². The second kappa shape index (κ2) is 19.3. The van der Waals surface area contributed by atoms with Gasteiger partial charge in [0.25, 0.3) is 0 Å². The van der Waals surface area contributed by atoms with Crippen molar-refractivity contribution in [2.75, 3.05) is 6.61 Å². The average Bonchev–Trinajstić information content (AvgIpc) is 2.84. The topological polar surface area (TPSA) is 87.0 Å². The molecule has 0 bridgehead atoms. The third kappa shape index (κ3) is 11.6. The number of hydrogen-bond acceptors (Lipinski definition) is 4. The zero-order valence-electron chi connectivity index (χ0n) is 22.8. The maximum absolute atomic E-state index is 12.0.